The fourth-order valence-corrected chi connectivity index (χ4v) is 4.61. The Kier molecular flexibility index (Phi) is 5.36. The van der Waals surface area contributed by atoms with Crippen molar-refractivity contribution in [3.05, 3.63) is 51.5 Å². The molecule has 3 nitrogen and oxygen atoms in total. The third-order valence-corrected chi connectivity index (χ3v) is 6.00. The summed E-state index contributed by atoms with van der Waals surface area (Å²) in [6.45, 7) is 7.27. The Hall–Kier alpha value is -1.66. The minimum Gasteiger partial charge on any atom is -0.302 e. The minimum absolute atomic E-state index is 0.206. The second kappa shape index (κ2) is 7.49. The summed E-state index contributed by atoms with van der Waals surface area (Å²) in [5, 5.41) is 11.9. The van der Waals surface area contributed by atoms with E-state index in [-0.39, 0.29) is 5.82 Å². The Labute approximate surface area is 149 Å². The zero-order chi connectivity index (χ0) is 17.1. The summed E-state index contributed by atoms with van der Waals surface area (Å²) in [5.41, 5.74) is 3.63. The van der Waals surface area contributed by atoms with Gasteiger partial charge in [0.1, 0.15) is 5.82 Å². The molecule has 0 unspecified atom stereocenters. The summed E-state index contributed by atoms with van der Waals surface area (Å²) in [6, 6.07) is 6.61. The first-order valence-electron chi connectivity index (χ1n) is 8.01. The molecule has 3 rings (SSSR count). The van der Waals surface area contributed by atoms with Crippen molar-refractivity contribution in [2.75, 3.05) is 0 Å². The van der Waals surface area contributed by atoms with Crippen LogP contribution in [0.4, 0.5) is 4.39 Å². The highest BCUT2D eigenvalue weighted by atomic mass is 32.2. The van der Waals surface area contributed by atoms with E-state index in [0.717, 1.165) is 35.3 Å². The highest BCUT2D eigenvalue weighted by molar-refractivity contribution is 7.98. The molecule has 3 aromatic rings. The molecule has 0 saturated heterocycles. The normalized spacial score (nSPS) is 11.2. The van der Waals surface area contributed by atoms with Crippen LogP contribution in [0.25, 0.3) is 11.4 Å². The minimum atomic E-state index is -0.206. The molecular formula is C18H20FN3S2. The molecule has 0 radical (unpaired) electrons. The van der Waals surface area contributed by atoms with Gasteiger partial charge in [-0.25, -0.2) is 4.39 Å². The lowest BCUT2D eigenvalue weighted by molar-refractivity contribution is 0.627. The summed E-state index contributed by atoms with van der Waals surface area (Å²) in [4.78, 5) is 1.35. The molecule has 0 N–H and O–H groups in total. The van der Waals surface area contributed by atoms with E-state index in [4.69, 9.17) is 0 Å². The molecule has 0 aliphatic carbocycles. The Bertz CT molecular complexity index is 821. The average Bonchev–Trinajstić information content (AvgIpc) is 3.16. The van der Waals surface area contributed by atoms with Crippen molar-refractivity contribution in [2.24, 2.45) is 0 Å². The molecule has 0 aliphatic heterocycles. The first-order valence-corrected chi connectivity index (χ1v) is 9.88. The van der Waals surface area contributed by atoms with Crippen LogP contribution in [0, 0.1) is 12.7 Å². The topological polar surface area (TPSA) is 30.7 Å². The van der Waals surface area contributed by atoms with Crippen molar-refractivity contribution in [2.45, 2.75) is 44.6 Å². The third kappa shape index (κ3) is 3.39. The van der Waals surface area contributed by atoms with Crippen LogP contribution in [-0.2, 0) is 18.7 Å². The summed E-state index contributed by atoms with van der Waals surface area (Å²) < 4.78 is 15.2. The highest BCUT2D eigenvalue weighted by Gasteiger charge is 2.17. The van der Waals surface area contributed by atoms with Crippen LogP contribution in [0.2, 0.25) is 0 Å². The molecular weight excluding hydrogens is 341 g/mol. The summed E-state index contributed by atoms with van der Waals surface area (Å²) in [5.74, 6) is 1.49. The van der Waals surface area contributed by atoms with E-state index in [1.54, 1.807) is 23.1 Å². The Morgan fingerprint density at radius 3 is 2.58 bits per heavy atom. The van der Waals surface area contributed by atoms with Crippen LogP contribution in [-0.4, -0.2) is 14.8 Å². The van der Waals surface area contributed by atoms with Crippen LogP contribution in [0.1, 0.15) is 29.9 Å². The van der Waals surface area contributed by atoms with Crippen molar-refractivity contribution < 1.29 is 4.39 Å². The predicted octanol–water partition coefficient (Wildman–Crippen LogP) is 5.33. The fraction of sp³-hybridized carbons (Fsp3) is 0.333. The average molecular weight is 362 g/mol. The smallest absolute Gasteiger partial charge is 0.191 e. The highest BCUT2D eigenvalue weighted by Crippen LogP contribution is 2.33. The first kappa shape index (κ1) is 17.2. The molecule has 2 aromatic heterocycles. The van der Waals surface area contributed by atoms with Crippen LogP contribution in [0.5, 0.6) is 0 Å². The molecule has 0 fully saturated rings. The van der Waals surface area contributed by atoms with E-state index in [0.29, 0.717) is 0 Å². The van der Waals surface area contributed by atoms with E-state index in [2.05, 4.69) is 40.9 Å². The second-order valence-corrected chi connectivity index (χ2v) is 7.53. The number of halogens is 1. The van der Waals surface area contributed by atoms with Gasteiger partial charge in [0.05, 0.1) is 0 Å². The number of thioether (sulfide) groups is 1. The predicted molar refractivity (Wildman–Crippen MR) is 99.1 cm³/mol. The van der Waals surface area contributed by atoms with E-state index in [1.807, 2.05) is 12.1 Å². The van der Waals surface area contributed by atoms with E-state index < -0.39 is 0 Å². The molecule has 1 aromatic carbocycles. The zero-order valence-corrected chi connectivity index (χ0v) is 15.7. The molecule has 0 saturated carbocycles. The summed E-state index contributed by atoms with van der Waals surface area (Å²) in [6.07, 6.45) is 0.999. The molecule has 24 heavy (non-hydrogen) atoms. The third-order valence-electron chi connectivity index (χ3n) is 4.01. The first-order chi connectivity index (χ1) is 11.6. The molecule has 0 aliphatic rings. The molecule has 0 atom stereocenters. The Balaban J connectivity index is 1.85. The quantitative estimate of drug-likeness (QED) is 0.556. The Morgan fingerprint density at radius 2 is 1.92 bits per heavy atom. The van der Waals surface area contributed by atoms with Gasteiger partial charge in [-0.05, 0) is 43.5 Å². The number of hydrogen-bond acceptors (Lipinski definition) is 4. The monoisotopic (exact) mass is 361 g/mol. The molecule has 126 valence electrons. The van der Waals surface area contributed by atoms with Crippen molar-refractivity contribution >= 4 is 23.1 Å². The van der Waals surface area contributed by atoms with Gasteiger partial charge >= 0.3 is 0 Å². The van der Waals surface area contributed by atoms with Gasteiger partial charge in [0, 0.05) is 28.1 Å². The number of hydrogen-bond donors (Lipinski definition) is 0. The van der Waals surface area contributed by atoms with Gasteiger partial charge in [-0.15, -0.1) is 21.5 Å². The fourth-order valence-electron chi connectivity index (χ4n) is 2.71. The van der Waals surface area contributed by atoms with Gasteiger partial charge < -0.3 is 4.57 Å². The summed E-state index contributed by atoms with van der Waals surface area (Å²) in [7, 11) is 0. The van der Waals surface area contributed by atoms with Crippen LogP contribution in [0.15, 0.2) is 34.8 Å². The lowest BCUT2D eigenvalue weighted by Gasteiger charge is -2.08. The van der Waals surface area contributed by atoms with Gasteiger partial charge in [-0.2, -0.15) is 0 Å². The van der Waals surface area contributed by atoms with E-state index >= 15 is 0 Å². The summed E-state index contributed by atoms with van der Waals surface area (Å²) >= 11 is 3.40. The lowest BCUT2D eigenvalue weighted by Crippen LogP contribution is -2.00. The number of benzene rings is 1. The lowest BCUT2D eigenvalue weighted by atomic mass is 10.1. The second-order valence-electron chi connectivity index (χ2n) is 5.50. The molecule has 0 bridgehead atoms. The van der Waals surface area contributed by atoms with Crippen LogP contribution >= 0.6 is 23.1 Å². The van der Waals surface area contributed by atoms with Crippen molar-refractivity contribution in [1.82, 2.24) is 14.8 Å². The standard InChI is InChI=1S/C18H20FN3S2/c1-4-15-12(3)23-11-16(15)17-20-21-18(22(17)5-2)24-10-13-6-8-14(19)9-7-13/h6-9,11H,4-5,10H2,1-3H3. The number of rotatable bonds is 6. The van der Waals surface area contributed by atoms with E-state index in [1.165, 1.54) is 28.1 Å². The van der Waals surface area contributed by atoms with Crippen molar-refractivity contribution in [3.63, 3.8) is 0 Å². The van der Waals surface area contributed by atoms with E-state index in [9.17, 15) is 4.39 Å². The Morgan fingerprint density at radius 1 is 1.17 bits per heavy atom. The maximum Gasteiger partial charge on any atom is 0.191 e. The van der Waals surface area contributed by atoms with Crippen LogP contribution < -0.4 is 0 Å². The van der Waals surface area contributed by atoms with Crippen molar-refractivity contribution in [3.8, 4) is 11.4 Å². The van der Waals surface area contributed by atoms with Gasteiger partial charge in [0.2, 0.25) is 0 Å². The molecule has 2 heterocycles. The number of aromatic nitrogens is 3. The van der Waals surface area contributed by atoms with Gasteiger partial charge in [0.25, 0.3) is 0 Å². The van der Waals surface area contributed by atoms with Gasteiger partial charge in [-0.3, -0.25) is 0 Å². The largest absolute Gasteiger partial charge is 0.302 e. The van der Waals surface area contributed by atoms with Gasteiger partial charge in [0.15, 0.2) is 11.0 Å². The SMILES string of the molecule is CCc1c(-c2nnc(SCc3ccc(F)cc3)n2CC)csc1C. The van der Waals surface area contributed by atoms with Gasteiger partial charge in [-0.1, -0.05) is 30.8 Å². The maximum atomic E-state index is 13.0. The van der Waals surface area contributed by atoms with Crippen LogP contribution in [0.3, 0.4) is 0 Å². The molecule has 0 spiro atoms. The number of aryl methyl sites for hydroxylation is 1. The molecule has 6 heteroatoms. The maximum absolute atomic E-state index is 13.0. The molecule has 0 amide bonds. The van der Waals surface area contributed by atoms with Crippen molar-refractivity contribution in [1.29, 1.82) is 0 Å². The number of nitrogens with zero attached hydrogens (tertiary/aromatic N) is 3. The zero-order valence-electron chi connectivity index (χ0n) is 14.0. The number of thiophene rings is 1.